The minimum atomic E-state index is 0.597. The molecule has 12 heavy (non-hydrogen) atoms. The van der Waals surface area contributed by atoms with Crippen molar-refractivity contribution >= 4 is 5.69 Å². The predicted octanol–water partition coefficient (Wildman–Crippen LogP) is 2.50. The Morgan fingerprint density at radius 1 is 1.42 bits per heavy atom. The van der Waals surface area contributed by atoms with Gasteiger partial charge < -0.3 is 4.74 Å². The summed E-state index contributed by atoms with van der Waals surface area (Å²) in [6, 6.07) is 5.45. The third-order valence-electron chi connectivity index (χ3n) is 2.01. The van der Waals surface area contributed by atoms with Gasteiger partial charge in [-0.15, -0.1) is 0 Å². The van der Waals surface area contributed by atoms with Crippen molar-refractivity contribution in [2.75, 3.05) is 6.61 Å². The van der Waals surface area contributed by atoms with Crippen LogP contribution in [0.1, 0.15) is 12.0 Å². The maximum Gasteiger partial charge on any atom is 0.385 e. The van der Waals surface area contributed by atoms with Gasteiger partial charge in [-0.05, 0) is 18.9 Å². The summed E-state index contributed by atoms with van der Waals surface area (Å²) < 4.78 is 5.40. The standard InChI is InChI=1S/C9H9N2O/c10-11-8-3-4-9-7(6-8)2-1-5-12-9/h3-4,6H,1-2,5H2/q+1. The molecule has 60 valence electrons. The molecule has 0 amide bonds. The molecular weight excluding hydrogens is 152 g/mol. The summed E-state index contributed by atoms with van der Waals surface area (Å²) in [5, 5.41) is 8.52. The molecule has 0 spiro atoms. The number of diazo groups is 1. The molecular formula is C9H9N2O+. The van der Waals surface area contributed by atoms with Crippen LogP contribution in [0.25, 0.3) is 4.98 Å². The number of hydrogen-bond acceptors (Lipinski definition) is 2. The normalized spacial score (nSPS) is 14.2. The van der Waals surface area contributed by atoms with Crippen LogP contribution in [0, 0.1) is 5.39 Å². The average Bonchev–Trinajstić information content (AvgIpc) is 2.17. The molecule has 0 atom stereocenters. The van der Waals surface area contributed by atoms with Gasteiger partial charge >= 0.3 is 5.69 Å². The number of aryl methyl sites for hydroxylation is 1. The van der Waals surface area contributed by atoms with Crippen LogP contribution >= 0.6 is 0 Å². The number of benzene rings is 1. The van der Waals surface area contributed by atoms with Crippen LogP contribution in [0.5, 0.6) is 5.75 Å². The number of fused-ring (bicyclic) bond motifs is 1. The Kier molecular flexibility index (Phi) is 1.67. The molecule has 1 aliphatic heterocycles. The Labute approximate surface area is 70.6 Å². The van der Waals surface area contributed by atoms with Crippen LogP contribution in [0.3, 0.4) is 0 Å². The molecule has 1 aromatic rings. The van der Waals surface area contributed by atoms with Crippen LogP contribution in [0.15, 0.2) is 18.2 Å². The third-order valence-corrected chi connectivity index (χ3v) is 2.01. The Bertz CT molecular complexity index is 341. The van der Waals surface area contributed by atoms with E-state index in [2.05, 4.69) is 4.98 Å². The summed E-state index contributed by atoms with van der Waals surface area (Å²) in [4.78, 5) is 3.12. The molecule has 0 aliphatic carbocycles. The van der Waals surface area contributed by atoms with Gasteiger partial charge in [-0.25, -0.2) is 0 Å². The van der Waals surface area contributed by atoms with Crippen molar-refractivity contribution in [3.8, 4) is 5.75 Å². The van der Waals surface area contributed by atoms with Gasteiger partial charge in [0, 0.05) is 17.7 Å². The van der Waals surface area contributed by atoms with Crippen LogP contribution in [-0.4, -0.2) is 6.61 Å². The van der Waals surface area contributed by atoms with Gasteiger partial charge in [-0.3, -0.25) is 0 Å². The summed E-state index contributed by atoms with van der Waals surface area (Å²) in [6.07, 6.45) is 2.06. The Morgan fingerprint density at radius 3 is 3.17 bits per heavy atom. The second-order valence-corrected chi connectivity index (χ2v) is 2.84. The molecule has 0 saturated heterocycles. The zero-order chi connectivity index (χ0) is 8.39. The Hall–Kier alpha value is -1.56. The molecule has 1 aromatic carbocycles. The van der Waals surface area contributed by atoms with Crippen LogP contribution < -0.4 is 4.74 Å². The first-order chi connectivity index (χ1) is 5.90. The first-order valence-corrected chi connectivity index (χ1v) is 4.01. The molecule has 0 N–H and O–H groups in total. The second kappa shape index (κ2) is 2.82. The van der Waals surface area contributed by atoms with Crippen LogP contribution in [0.4, 0.5) is 5.69 Å². The molecule has 0 radical (unpaired) electrons. The fourth-order valence-electron chi connectivity index (χ4n) is 1.41. The molecule has 0 fully saturated rings. The van der Waals surface area contributed by atoms with Gasteiger partial charge in [0.2, 0.25) is 5.39 Å². The van der Waals surface area contributed by atoms with Crippen LogP contribution in [0.2, 0.25) is 0 Å². The van der Waals surface area contributed by atoms with E-state index in [9.17, 15) is 0 Å². The fraction of sp³-hybridized carbons (Fsp3) is 0.333. The summed E-state index contributed by atoms with van der Waals surface area (Å²) in [6.45, 7) is 0.794. The van der Waals surface area contributed by atoms with Crippen molar-refractivity contribution in [1.82, 2.24) is 0 Å². The van der Waals surface area contributed by atoms with E-state index in [1.807, 2.05) is 12.1 Å². The maximum atomic E-state index is 8.52. The monoisotopic (exact) mass is 161 g/mol. The Balaban J connectivity index is 2.44. The Morgan fingerprint density at radius 2 is 2.33 bits per heavy atom. The average molecular weight is 161 g/mol. The third kappa shape index (κ3) is 1.12. The smallest absolute Gasteiger partial charge is 0.385 e. The van der Waals surface area contributed by atoms with E-state index >= 15 is 0 Å². The molecule has 0 bridgehead atoms. The molecule has 1 heterocycles. The van der Waals surface area contributed by atoms with E-state index in [1.54, 1.807) is 6.07 Å². The lowest BCUT2D eigenvalue weighted by Crippen LogP contribution is -2.07. The minimum Gasteiger partial charge on any atom is -0.493 e. The van der Waals surface area contributed by atoms with Crippen molar-refractivity contribution in [2.24, 2.45) is 0 Å². The highest BCUT2D eigenvalue weighted by Crippen LogP contribution is 2.28. The van der Waals surface area contributed by atoms with E-state index in [4.69, 9.17) is 10.1 Å². The van der Waals surface area contributed by atoms with Crippen molar-refractivity contribution < 1.29 is 4.74 Å². The van der Waals surface area contributed by atoms with E-state index in [-0.39, 0.29) is 0 Å². The first kappa shape index (κ1) is 7.11. The number of nitrogens with zero attached hydrogens (tertiary/aromatic N) is 2. The summed E-state index contributed by atoms with van der Waals surface area (Å²) >= 11 is 0. The largest absolute Gasteiger partial charge is 0.493 e. The SMILES string of the molecule is N#[N+]c1ccc2c(c1)CCCO2. The van der Waals surface area contributed by atoms with Gasteiger partial charge in [0.05, 0.1) is 6.61 Å². The number of hydrogen-bond donors (Lipinski definition) is 0. The topological polar surface area (TPSA) is 37.4 Å². The lowest BCUT2D eigenvalue weighted by atomic mass is 10.1. The van der Waals surface area contributed by atoms with E-state index in [0.717, 1.165) is 30.8 Å². The zero-order valence-corrected chi connectivity index (χ0v) is 6.66. The van der Waals surface area contributed by atoms with Crippen molar-refractivity contribution in [3.05, 3.63) is 28.7 Å². The lowest BCUT2D eigenvalue weighted by Gasteiger charge is -2.15. The number of ether oxygens (including phenoxy) is 1. The molecule has 3 nitrogen and oxygen atoms in total. The quantitative estimate of drug-likeness (QED) is 0.548. The van der Waals surface area contributed by atoms with Crippen LogP contribution in [-0.2, 0) is 6.42 Å². The highest BCUT2D eigenvalue weighted by molar-refractivity contribution is 5.51. The van der Waals surface area contributed by atoms with Crippen molar-refractivity contribution in [3.63, 3.8) is 0 Å². The molecule has 3 heteroatoms. The molecule has 0 saturated carbocycles. The fourth-order valence-corrected chi connectivity index (χ4v) is 1.41. The summed E-state index contributed by atoms with van der Waals surface area (Å²) in [5.41, 5.74) is 1.73. The van der Waals surface area contributed by atoms with E-state index < -0.39 is 0 Å². The minimum absolute atomic E-state index is 0.597. The highest BCUT2D eigenvalue weighted by atomic mass is 16.5. The number of rotatable bonds is 0. The van der Waals surface area contributed by atoms with Crippen molar-refractivity contribution in [1.29, 1.82) is 5.39 Å². The molecule has 0 unspecified atom stereocenters. The maximum absolute atomic E-state index is 8.52. The van der Waals surface area contributed by atoms with Gasteiger partial charge in [-0.2, -0.15) is 0 Å². The summed E-state index contributed by atoms with van der Waals surface area (Å²) in [7, 11) is 0. The second-order valence-electron chi connectivity index (χ2n) is 2.84. The highest BCUT2D eigenvalue weighted by Gasteiger charge is 2.14. The lowest BCUT2D eigenvalue weighted by molar-refractivity contribution is 0.288. The van der Waals surface area contributed by atoms with Gasteiger partial charge in [0.25, 0.3) is 0 Å². The van der Waals surface area contributed by atoms with Crippen molar-refractivity contribution in [2.45, 2.75) is 12.8 Å². The zero-order valence-electron chi connectivity index (χ0n) is 6.66. The van der Waals surface area contributed by atoms with E-state index in [1.165, 1.54) is 0 Å². The van der Waals surface area contributed by atoms with Gasteiger partial charge in [-0.1, -0.05) is 0 Å². The van der Waals surface area contributed by atoms with Gasteiger partial charge in [0.1, 0.15) is 5.75 Å². The van der Waals surface area contributed by atoms with E-state index in [0.29, 0.717) is 5.69 Å². The van der Waals surface area contributed by atoms with Gasteiger partial charge in [0.15, 0.2) is 4.98 Å². The molecule has 2 rings (SSSR count). The molecule has 0 aromatic heterocycles. The summed E-state index contributed by atoms with van der Waals surface area (Å²) in [5.74, 6) is 0.925. The predicted molar refractivity (Wildman–Crippen MR) is 45.0 cm³/mol. The molecule has 1 aliphatic rings. The first-order valence-electron chi connectivity index (χ1n) is 4.01.